The molecule has 2 bridgehead atoms. The quantitative estimate of drug-likeness (QED) is 0.373. The van der Waals surface area contributed by atoms with Gasteiger partial charge < -0.3 is 0 Å². The predicted octanol–water partition coefficient (Wildman–Crippen LogP) is 7.31. The van der Waals surface area contributed by atoms with Gasteiger partial charge in [-0.1, -0.05) is 41.0 Å². The summed E-state index contributed by atoms with van der Waals surface area (Å²) < 4.78 is 0. The van der Waals surface area contributed by atoms with Crippen molar-refractivity contribution in [1.82, 2.24) is 0 Å². The molecule has 4 aliphatic carbocycles. The molecule has 0 aromatic heterocycles. The molecule has 3 heteroatoms. The summed E-state index contributed by atoms with van der Waals surface area (Å²) >= 11 is -0.826. The van der Waals surface area contributed by atoms with E-state index in [1.54, 1.807) is 6.42 Å². The van der Waals surface area contributed by atoms with E-state index >= 15 is 0 Å². The van der Waals surface area contributed by atoms with Crippen LogP contribution in [0.2, 0.25) is 0 Å². The molecule has 0 saturated heterocycles. The first kappa shape index (κ1) is 20.8. The van der Waals surface area contributed by atoms with E-state index in [-0.39, 0.29) is 0 Å². The van der Waals surface area contributed by atoms with E-state index in [9.17, 15) is 0 Å². The van der Waals surface area contributed by atoms with Gasteiger partial charge in [-0.2, -0.15) is 0 Å². The van der Waals surface area contributed by atoms with Crippen LogP contribution in [0.4, 0.5) is 0 Å². The number of hydrogen-bond acceptors (Lipinski definition) is 0. The molecule has 132 valence electrons. The molecule has 0 aromatic rings. The molecule has 0 aromatic carbocycles. The van der Waals surface area contributed by atoms with Gasteiger partial charge in [-0.3, -0.25) is 0 Å². The molecule has 2 unspecified atom stereocenters. The zero-order chi connectivity index (χ0) is 17.1. The second-order valence-corrected chi connectivity index (χ2v) is 12.2. The Kier molecular flexibility index (Phi) is 8.50. The molecule has 0 nitrogen and oxygen atoms in total. The van der Waals surface area contributed by atoms with Crippen LogP contribution in [0.25, 0.3) is 0 Å². The average Bonchev–Trinajstić information content (AvgIpc) is 3.27. The summed E-state index contributed by atoms with van der Waals surface area (Å²) in [6, 6.07) is 0. The Bertz CT molecular complexity index is 301. The van der Waals surface area contributed by atoms with E-state index in [2.05, 4.69) is 34.6 Å². The molecular formula is C20H34Cl2Zr. The van der Waals surface area contributed by atoms with Crippen molar-refractivity contribution in [2.24, 2.45) is 41.4 Å². The zero-order valence-corrected chi connectivity index (χ0v) is 19.5. The topological polar surface area (TPSA) is 0 Å². The van der Waals surface area contributed by atoms with Gasteiger partial charge in [0.05, 0.1) is 0 Å². The Morgan fingerprint density at radius 2 is 1.00 bits per heavy atom. The summed E-state index contributed by atoms with van der Waals surface area (Å²) in [6.45, 7) is 12.0. The first-order valence-corrected chi connectivity index (χ1v) is 15.9. The van der Waals surface area contributed by atoms with E-state index < -0.39 is 20.8 Å². The van der Waals surface area contributed by atoms with Gasteiger partial charge >= 0.3 is 37.9 Å². The standard InChI is InChI=1S/C10H14.C10H20.2ClH.Zr/c1-2-9-7-4-5-8(6-7)10(9)3-1;1-6-7(2)9(4)10(5)8(6)3;;;/h7-8H,1-6H2;6-10H,1-5H3;2*1H;/q;;;;+2/p-2. The van der Waals surface area contributed by atoms with Crippen LogP contribution in [-0.4, -0.2) is 0 Å². The van der Waals surface area contributed by atoms with Crippen molar-refractivity contribution in [3.8, 4) is 0 Å². The van der Waals surface area contributed by atoms with E-state index in [1.165, 1.54) is 32.1 Å². The van der Waals surface area contributed by atoms with Gasteiger partial charge in [-0.05, 0) is 85.4 Å². The number of halogens is 2. The normalized spacial score (nSPS) is 45.1. The molecule has 0 heterocycles. The third-order valence-electron chi connectivity index (χ3n) is 7.87. The molecule has 0 spiro atoms. The fourth-order valence-corrected chi connectivity index (χ4v) is 5.73. The van der Waals surface area contributed by atoms with Crippen LogP contribution in [0.15, 0.2) is 0 Å². The van der Waals surface area contributed by atoms with Crippen molar-refractivity contribution < 1.29 is 20.8 Å². The van der Waals surface area contributed by atoms with E-state index in [1.807, 2.05) is 11.8 Å². The summed E-state index contributed by atoms with van der Waals surface area (Å²) in [4.78, 5) is 0. The Hall–Kier alpha value is 1.46. The average molecular weight is 437 g/mol. The van der Waals surface area contributed by atoms with Crippen molar-refractivity contribution in [2.45, 2.75) is 73.1 Å². The van der Waals surface area contributed by atoms with Gasteiger partial charge in [0.15, 0.2) is 0 Å². The van der Waals surface area contributed by atoms with Crippen LogP contribution in [0.1, 0.15) is 73.1 Å². The van der Waals surface area contributed by atoms with Gasteiger partial charge in [-0.15, -0.1) is 0 Å². The molecule has 0 aliphatic heterocycles. The van der Waals surface area contributed by atoms with Crippen molar-refractivity contribution in [3.05, 3.63) is 11.8 Å². The second kappa shape index (κ2) is 9.41. The molecule has 2 radical (unpaired) electrons. The molecule has 4 rings (SSSR count). The fraction of sp³-hybridized carbons (Fsp3) is 0.900. The molecular weight excluding hydrogens is 402 g/mol. The van der Waals surface area contributed by atoms with Crippen LogP contribution in [0.5, 0.6) is 0 Å². The molecule has 4 aliphatic rings. The van der Waals surface area contributed by atoms with Crippen LogP contribution in [-0.2, 0) is 20.8 Å². The zero-order valence-electron chi connectivity index (χ0n) is 15.5. The Balaban J connectivity index is 0.000000143. The first-order chi connectivity index (χ1) is 10.9. The van der Waals surface area contributed by atoms with Crippen molar-refractivity contribution in [2.75, 3.05) is 0 Å². The molecule has 4 saturated carbocycles. The second-order valence-electron chi connectivity index (χ2n) is 8.48. The Labute approximate surface area is 163 Å². The summed E-state index contributed by atoms with van der Waals surface area (Å²) in [5, 5.41) is 0. The van der Waals surface area contributed by atoms with E-state index in [0.29, 0.717) is 0 Å². The molecule has 2 atom stereocenters. The fourth-order valence-electron chi connectivity index (χ4n) is 5.73. The van der Waals surface area contributed by atoms with Gasteiger partial charge in [0.2, 0.25) is 0 Å². The Morgan fingerprint density at radius 3 is 1.30 bits per heavy atom. The predicted molar refractivity (Wildman–Crippen MR) is 98.7 cm³/mol. The van der Waals surface area contributed by atoms with Crippen LogP contribution >= 0.6 is 17.0 Å². The molecule has 0 amide bonds. The summed E-state index contributed by atoms with van der Waals surface area (Å²) in [7, 11) is 9.87. The van der Waals surface area contributed by atoms with E-state index in [0.717, 1.165) is 41.4 Å². The van der Waals surface area contributed by atoms with Crippen LogP contribution < -0.4 is 0 Å². The number of fused-ring (bicyclic) bond motifs is 5. The third-order valence-corrected chi connectivity index (χ3v) is 7.87. The molecule has 0 N–H and O–H groups in total. The summed E-state index contributed by atoms with van der Waals surface area (Å²) in [6.07, 6.45) is 9.03. The SMILES string of the molecule is C1C[C]2[C](C1)C1CCC2C1.CC1C(C)C(C)C(C)C1C.[Cl][Zr][Cl]. The van der Waals surface area contributed by atoms with Gasteiger partial charge in [0.1, 0.15) is 0 Å². The monoisotopic (exact) mass is 434 g/mol. The Morgan fingerprint density at radius 1 is 0.696 bits per heavy atom. The minimum atomic E-state index is -0.826. The maximum atomic E-state index is 4.93. The maximum absolute atomic E-state index is 4.93. The minimum absolute atomic E-state index is 0.826. The molecule has 23 heavy (non-hydrogen) atoms. The third kappa shape index (κ3) is 4.60. The number of rotatable bonds is 0. The van der Waals surface area contributed by atoms with Gasteiger partial charge in [-0.25, -0.2) is 0 Å². The summed E-state index contributed by atoms with van der Waals surface area (Å²) in [5.41, 5.74) is 0. The van der Waals surface area contributed by atoms with Crippen LogP contribution in [0, 0.1) is 53.3 Å². The van der Waals surface area contributed by atoms with Crippen molar-refractivity contribution in [3.63, 3.8) is 0 Å². The van der Waals surface area contributed by atoms with Gasteiger partial charge in [0, 0.05) is 0 Å². The van der Waals surface area contributed by atoms with E-state index in [4.69, 9.17) is 17.0 Å². The number of hydrogen-bond donors (Lipinski definition) is 0. The van der Waals surface area contributed by atoms with Crippen LogP contribution in [0.3, 0.4) is 0 Å². The molecule has 4 fully saturated rings. The first-order valence-electron chi connectivity index (χ1n) is 9.60. The summed E-state index contributed by atoms with van der Waals surface area (Å²) in [5.74, 6) is 10.6. The van der Waals surface area contributed by atoms with Crippen molar-refractivity contribution in [1.29, 1.82) is 0 Å². The van der Waals surface area contributed by atoms with Gasteiger partial charge in [0.25, 0.3) is 0 Å². The van der Waals surface area contributed by atoms with Crippen molar-refractivity contribution >= 4 is 17.0 Å².